The van der Waals surface area contributed by atoms with Gasteiger partial charge in [-0.25, -0.2) is 4.98 Å². The van der Waals surface area contributed by atoms with Crippen molar-refractivity contribution in [2.24, 2.45) is 7.05 Å². The van der Waals surface area contributed by atoms with E-state index in [0.717, 1.165) is 54.6 Å². The monoisotopic (exact) mass is 517 g/mol. The fraction of sp³-hybridized carbons (Fsp3) is 0.500. The number of anilines is 1. The molecular formula is C28H35N7OS. The molecule has 3 atom stereocenters. The van der Waals surface area contributed by atoms with Crippen LogP contribution in [0.5, 0.6) is 0 Å². The molecule has 0 radical (unpaired) electrons. The molecule has 0 amide bonds. The summed E-state index contributed by atoms with van der Waals surface area (Å²) in [5.41, 5.74) is 4.77. The Morgan fingerprint density at radius 1 is 1.16 bits per heavy atom. The topological polar surface area (TPSA) is 83.0 Å². The van der Waals surface area contributed by atoms with Crippen LogP contribution in [0.4, 0.5) is 5.69 Å². The Hall–Kier alpha value is -3.22. The van der Waals surface area contributed by atoms with Crippen molar-refractivity contribution in [1.29, 1.82) is 5.26 Å². The maximum absolute atomic E-state index is 12.9. The summed E-state index contributed by atoms with van der Waals surface area (Å²) in [5, 5.41) is 15.1. The maximum atomic E-state index is 12.9. The smallest absolute Gasteiger partial charge is 0.252 e. The van der Waals surface area contributed by atoms with Crippen molar-refractivity contribution in [3.63, 3.8) is 0 Å². The van der Waals surface area contributed by atoms with Crippen LogP contribution in [0, 0.1) is 11.3 Å². The molecule has 4 heterocycles. The Balaban J connectivity index is 1.49. The molecule has 8 nitrogen and oxygen atoms in total. The number of benzene rings is 1. The van der Waals surface area contributed by atoms with Gasteiger partial charge in [0.05, 0.1) is 38.7 Å². The lowest BCUT2D eigenvalue weighted by Crippen LogP contribution is -2.58. The summed E-state index contributed by atoms with van der Waals surface area (Å²) >= 11 is 1.78. The van der Waals surface area contributed by atoms with Crippen LogP contribution in [0.25, 0.3) is 21.3 Å². The molecule has 0 spiro atoms. The van der Waals surface area contributed by atoms with Gasteiger partial charge < -0.3 is 9.47 Å². The van der Waals surface area contributed by atoms with Gasteiger partial charge in [0.25, 0.3) is 5.56 Å². The van der Waals surface area contributed by atoms with Gasteiger partial charge in [-0.15, -0.1) is 11.3 Å². The highest BCUT2D eigenvalue weighted by molar-refractivity contribution is 7.18. The first-order valence-electron chi connectivity index (χ1n) is 13.2. The summed E-state index contributed by atoms with van der Waals surface area (Å²) in [5.74, 6) is 0. The molecular weight excluding hydrogens is 482 g/mol. The summed E-state index contributed by atoms with van der Waals surface area (Å²) in [6.07, 6.45) is 4.73. The van der Waals surface area contributed by atoms with Crippen LogP contribution in [0.2, 0.25) is 0 Å². The number of nitrogens with zero attached hydrogens (tertiary/aromatic N) is 7. The lowest BCUT2D eigenvalue weighted by Gasteiger charge is -2.49. The van der Waals surface area contributed by atoms with Gasteiger partial charge in [-0.1, -0.05) is 26.8 Å². The minimum Gasteiger partial charge on any atom is -0.364 e. The highest BCUT2D eigenvalue weighted by Gasteiger charge is 2.36. The Kier molecular flexibility index (Phi) is 7.06. The number of nitriles is 1. The molecule has 1 aromatic carbocycles. The number of hydrogen-bond donors (Lipinski definition) is 0. The van der Waals surface area contributed by atoms with E-state index in [2.05, 4.69) is 61.8 Å². The lowest BCUT2D eigenvalue weighted by atomic mass is 9.96. The molecule has 4 aromatic rings. The number of thiazole rings is 1. The zero-order valence-electron chi connectivity index (χ0n) is 22.3. The average molecular weight is 518 g/mol. The van der Waals surface area contributed by atoms with Gasteiger partial charge in [0, 0.05) is 44.3 Å². The second-order valence-electron chi connectivity index (χ2n) is 9.98. The van der Waals surface area contributed by atoms with E-state index >= 15 is 0 Å². The van der Waals surface area contributed by atoms with Crippen molar-refractivity contribution in [1.82, 2.24) is 24.2 Å². The summed E-state index contributed by atoms with van der Waals surface area (Å²) < 4.78 is 4.50. The van der Waals surface area contributed by atoms with Crippen LogP contribution < -0.4 is 10.5 Å². The van der Waals surface area contributed by atoms with Gasteiger partial charge in [0.1, 0.15) is 12.1 Å². The first-order valence-corrected chi connectivity index (χ1v) is 14.1. The predicted molar refractivity (Wildman–Crippen MR) is 150 cm³/mol. The van der Waals surface area contributed by atoms with Gasteiger partial charge in [-0.05, 0) is 43.9 Å². The first kappa shape index (κ1) is 25.4. The van der Waals surface area contributed by atoms with Gasteiger partial charge in [0.2, 0.25) is 0 Å². The largest absolute Gasteiger partial charge is 0.364 e. The molecule has 0 N–H and O–H groups in total. The number of rotatable bonds is 7. The first-order chi connectivity index (χ1) is 17.9. The second kappa shape index (κ2) is 10.3. The number of hydrogen-bond acceptors (Lipinski definition) is 7. The molecule has 1 aliphatic rings. The number of aromatic nitrogens is 4. The fourth-order valence-electron chi connectivity index (χ4n) is 5.66. The molecule has 1 fully saturated rings. The highest BCUT2D eigenvalue weighted by Crippen LogP contribution is 2.35. The molecule has 5 rings (SSSR count). The van der Waals surface area contributed by atoms with E-state index in [1.807, 2.05) is 0 Å². The van der Waals surface area contributed by atoms with Crippen LogP contribution in [-0.4, -0.2) is 49.4 Å². The zero-order valence-corrected chi connectivity index (χ0v) is 23.1. The van der Waals surface area contributed by atoms with E-state index < -0.39 is 0 Å². The van der Waals surface area contributed by atoms with E-state index in [-0.39, 0.29) is 24.2 Å². The third kappa shape index (κ3) is 4.53. The van der Waals surface area contributed by atoms with Crippen LogP contribution in [0.15, 0.2) is 35.3 Å². The SMILES string of the molecule is CCc1nc2cc(C(C)N3C[C@H](CC)N(c4cc(=O)n(C)c5cn(CC#N)nc45)C[C@H]3CC)ccc2s1. The molecule has 37 heavy (non-hydrogen) atoms. The van der Waals surface area contributed by atoms with Crippen molar-refractivity contribution in [3.05, 3.63) is 51.4 Å². The van der Waals surface area contributed by atoms with Crippen LogP contribution >= 0.6 is 11.3 Å². The Labute approximate surface area is 221 Å². The molecule has 9 heteroatoms. The molecule has 0 saturated carbocycles. The second-order valence-corrected chi connectivity index (χ2v) is 11.1. The third-order valence-corrected chi connectivity index (χ3v) is 9.08. The highest BCUT2D eigenvalue weighted by atomic mass is 32.1. The molecule has 194 valence electrons. The van der Waals surface area contributed by atoms with Gasteiger partial charge in [-0.3, -0.25) is 14.4 Å². The lowest BCUT2D eigenvalue weighted by molar-refractivity contribution is 0.101. The minimum atomic E-state index is -0.0549. The summed E-state index contributed by atoms with van der Waals surface area (Å²) in [6, 6.07) is 11.5. The molecule has 1 aliphatic heterocycles. The molecule has 1 saturated heterocycles. The number of aryl methyl sites for hydroxylation is 2. The van der Waals surface area contributed by atoms with Crippen LogP contribution in [0.1, 0.15) is 57.1 Å². The molecule has 0 aliphatic carbocycles. The average Bonchev–Trinajstić information content (AvgIpc) is 3.53. The Bertz CT molecular complexity index is 1530. The number of fused-ring (bicyclic) bond motifs is 2. The maximum Gasteiger partial charge on any atom is 0.252 e. The van der Waals surface area contributed by atoms with E-state index in [1.54, 1.807) is 39.9 Å². The van der Waals surface area contributed by atoms with Crippen molar-refractivity contribution in [2.45, 2.75) is 71.6 Å². The number of pyridine rings is 1. The van der Waals surface area contributed by atoms with E-state index in [4.69, 9.17) is 10.1 Å². The van der Waals surface area contributed by atoms with Crippen molar-refractivity contribution < 1.29 is 0 Å². The van der Waals surface area contributed by atoms with E-state index in [9.17, 15) is 10.1 Å². The molecule has 0 bridgehead atoms. The van der Waals surface area contributed by atoms with Crippen molar-refractivity contribution >= 4 is 38.3 Å². The molecule has 3 aromatic heterocycles. The minimum absolute atomic E-state index is 0.0549. The quantitative estimate of drug-likeness (QED) is 0.348. The number of piperazine rings is 1. The predicted octanol–water partition coefficient (Wildman–Crippen LogP) is 4.87. The van der Waals surface area contributed by atoms with E-state index in [0.29, 0.717) is 6.04 Å². The zero-order chi connectivity index (χ0) is 26.3. The normalized spacial score (nSPS) is 19.5. The van der Waals surface area contributed by atoms with Gasteiger partial charge >= 0.3 is 0 Å². The Morgan fingerprint density at radius 3 is 2.65 bits per heavy atom. The summed E-state index contributed by atoms with van der Waals surface area (Å²) in [7, 11) is 1.77. The van der Waals surface area contributed by atoms with E-state index in [1.165, 1.54) is 15.3 Å². The van der Waals surface area contributed by atoms with Gasteiger partial charge in [0.15, 0.2) is 0 Å². The summed E-state index contributed by atoms with van der Waals surface area (Å²) in [4.78, 5) is 22.8. The summed E-state index contributed by atoms with van der Waals surface area (Å²) in [6.45, 7) is 10.8. The molecule has 1 unspecified atom stereocenters. The standard InChI is InChI=1S/C28H35N7OS/c1-6-20-16-35(23-14-27(36)32(5)24-17-33(12-11-29)31-28(23)24)21(7-2)15-34(20)18(4)19-9-10-25-22(13-19)30-26(8-3)37-25/h9-10,13-14,17-18,20-21H,6-8,12,15-16H2,1-5H3/t18?,20-,21+/m1/s1. The third-order valence-electron chi connectivity index (χ3n) is 7.90. The van der Waals surface area contributed by atoms with Gasteiger partial charge in [-0.2, -0.15) is 10.4 Å². The van der Waals surface area contributed by atoms with Crippen molar-refractivity contribution in [3.8, 4) is 6.07 Å². The van der Waals surface area contributed by atoms with Crippen molar-refractivity contribution in [2.75, 3.05) is 18.0 Å². The Morgan fingerprint density at radius 2 is 1.95 bits per heavy atom. The van der Waals surface area contributed by atoms with Crippen LogP contribution in [0.3, 0.4) is 0 Å². The van der Waals surface area contributed by atoms with Crippen LogP contribution in [-0.2, 0) is 20.0 Å². The fourth-order valence-corrected chi connectivity index (χ4v) is 6.55.